The molecule has 0 bridgehead atoms. The van der Waals surface area contributed by atoms with Crippen LogP contribution in [0.4, 0.5) is 0 Å². The van der Waals surface area contributed by atoms with E-state index in [1.54, 1.807) is 0 Å². The van der Waals surface area contributed by atoms with Gasteiger partial charge in [0.2, 0.25) is 5.91 Å². The number of aliphatic hydroxyl groups excluding tert-OH is 1. The molecule has 0 aromatic heterocycles. The topological polar surface area (TPSA) is 70.6 Å². The second-order valence-corrected chi connectivity index (χ2v) is 5.37. The van der Waals surface area contributed by atoms with Gasteiger partial charge in [-0.1, -0.05) is 0 Å². The Morgan fingerprint density at radius 3 is 2.65 bits per heavy atom. The molecule has 0 aromatic rings. The van der Waals surface area contributed by atoms with Gasteiger partial charge in [-0.25, -0.2) is 0 Å². The summed E-state index contributed by atoms with van der Waals surface area (Å²) in [6, 6.07) is 0. The van der Waals surface area contributed by atoms with Crippen LogP contribution in [0.5, 0.6) is 0 Å². The molecule has 0 radical (unpaired) electrons. The molecule has 1 amide bonds. The van der Waals surface area contributed by atoms with E-state index in [1.165, 1.54) is 0 Å². The molecule has 3 N–H and O–H groups in total. The quantitative estimate of drug-likeness (QED) is 0.640. The van der Waals surface area contributed by atoms with Crippen molar-refractivity contribution in [2.45, 2.75) is 43.7 Å². The van der Waals surface area contributed by atoms with Gasteiger partial charge in [0.1, 0.15) is 0 Å². The van der Waals surface area contributed by atoms with Crippen LogP contribution in [0.2, 0.25) is 0 Å². The van der Waals surface area contributed by atoms with Gasteiger partial charge in [-0.15, -0.1) is 0 Å². The van der Waals surface area contributed by atoms with Crippen molar-refractivity contribution in [2.75, 3.05) is 26.4 Å². The fraction of sp³-hybridized carbons (Fsp3) is 0.917. The third-order valence-electron chi connectivity index (χ3n) is 4.00. The average molecular weight is 242 g/mol. The Hall–Kier alpha value is -0.650. The van der Waals surface area contributed by atoms with E-state index in [9.17, 15) is 9.90 Å². The molecule has 2 saturated heterocycles. The molecule has 0 aromatic carbocycles. The van der Waals surface area contributed by atoms with Gasteiger partial charge in [-0.3, -0.25) is 4.79 Å². The maximum Gasteiger partial charge on any atom is 0.240 e. The van der Waals surface area contributed by atoms with Gasteiger partial charge in [0.15, 0.2) is 0 Å². The second-order valence-electron chi connectivity index (χ2n) is 5.37. The van der Waals surface area contributed by atoms with Crippen LogP contribution < -0.4 is 10.6 Å². The normalized spacial score (nSPS) is 32.4. The van der Waals surface area contributed by atoms with E-state index in [1.807, 2.05) is 6.92 Å². The summed E-state index contributed by atoms with van der Waals surface area (Å²) in [5.74, 6) is 0.00551. The van der Waals surface area contributed by atoms with Crippen molar-refractivity contribution in [3.05, 3.63) is 0 Å². The smallest absolute Gasteiger partial charge is 0.240 e. The molecule has 2 aliphatic heterocycles. The van der Waals surface area contributed by atoms with Crippen LogP contribution in [-0.2, 0) is 9.53 Å². The first kappa shape index (κ1) is 12.8. The number of nitrogens with one attached hydrogen (secondary N) is 2. The molecule has 2 heterocycles. The Kier molecular flexibility index (Phi) is 3.70. The standard InChI is InChI=1S/C12H22N2O3/c1-11(3-2-6-13-11)10(16)14-12(9-15)4-7-17-8-5-12/h13,15H,2-9H2,1H3,(H,14,16). The number of rotatable bonds is 3. The fourth-order valence-electron chi connectivity index (χ4n) is 2.55. The summed E-state index contributed by atoms with van der Waals surface area (Å²) in [7, 11) is 0. The lowest BCUT2D eigenvalue weighted by molar-refractivity contribution is -0.130. The third kappa shape index (κ3) is 2.61. The van der Waals surface area contributed by atoms with Gasteiger partial charge in [0, 0.05) is 13.2 Å². The zero-order chi connectivity index (χ0) is 12.4. The van der Waals surface area contributed by atoms with Crippen molar-refractivity contribution >= 4 is 5.91 Å². The van der Waals surface area contributed by atoms with E-state index < -0.39 is 11.1 Å². The van der Waals surface area contributed by atoms with Crippen molar-refractivity contribution in [2.24, 2.45) is 0 Å². The second kappa shape index (κ2) is 4.92. The van der Waals surface area contributed by atoms with Gasteiger partial charge in [-0.2, -0.15) is 0 Å². The van der Waals surface area contributed by atoms with Crippen LogP contribution in [0, 0.1) is 0 Å². The number of carbonyl (C=O) groups excluding carboxylic acids is 1. The summed E-state index contributed by atoms with van der Waals surface area (Å²) < 4.78 is 5.28. The molecule has 0 spiro atoms. The molecular formula is C12H22N2O3. The molecule has 1 unspecified atom stereocenters. The number of carbonyl (C=O) groups is 1. The summed E-state index contributed by atoms with van der Waals surface area (Å²) in [4.78, 5) is 12.3. The van der Waals surface area contributed by atoms with E-state index in [0.717, 1.165) is 19.4 Å². The average Bonchev–Trinajstić information content (AvgIpc) is 2.79. The molecule has 0 aliphatic carbocycles. The molecule has 5 nitrogen and oxygen atoms in total. The zero-order valence-corrected chi connectivity index (χ0v) is 10.4. The number of hydrogen-bond acceptors (Lipinski definition) is 4. The van der Waals surface area contributed by atoms with Crippen LogP contribution in [0.25, 0.3) is 0 Å². The van der Waals surface area contributed by atoms with E-state index in [4.69, 9.17) is 4.74 Å². The SMILES string of the molecule is CC1(C(=O)NC2(CO)CCOCC2)CCCN1. The largest absolute Gasteiger partial charge is 0.394 e. The lowest BCUT2D eigenvalue weighted by atomic mass is 9.88. The van der Waals surface area contributed by atoms with Crippen LogP contribution >= 0.6 is 0 Å². The molecule has 1 atom stereocenters. The first-order chi connectivity index (χ1) is 8.10. The molecule has 2 rings (SSSR count). The molecule has 2 fully saturated rings. The Morgan fingerprint density at radius 1 is 1.41 bits per heavy atom. The van der Waals surface area contributed by atoms with Crippen molar-refractivity contribution in [3.8, 4) is 0 Å². The van der Waals surface area contributed by atoms with Crippen LogP contribution in [0.1, 0.15) is 32.6 Å². The minimum atomic E-state index is -0.484. The highest BCUT2D eigenvalue weighted by atomic mass is 16.5. The highest BCUT2D eigenvalue weighted by Crippen LogP contribution is 2.24. The minimum Gasteiger partial charge on any atom is -0.394 e. The van der Waals surface area contributed by atoms with E-state index in [-0.39, 0.29) is 12.5 Å². The lowest BCUT2D eigenvalue weighted by Crippen LogP contribution is -2.61. The van der Waals surface area contributed by atoms with Crippen LogP contribution in [0.15, 0.2) is 0 Å². The minimum absolute atomic E-state index is 0.00551. The molecule has 2 aliphatic rings. The first-order valence-electron chi connectivity index (χ1n) is 6.37. The van der Waals surface area contributed by atoms with Gasteiger partial charge in [0.25, 0.3) is 0 Å². The summed E-state index contributed by atoms with van der Waals surface area (Å²) >= 11 is 0. The molecular weight excluding hydrogens is 220 g/mol. The number of amides is 1. The number of aliphatic hydroxyl groups is 1. The first-order valence-corrected chi connectivity index (χ1v) is 6.37. The predicted molar refractivity (Wildman–Crippen MR) is 63.7 cm³/mol. The predicted octanol–water partition coefficient (Wildman–Crippen LogP) is -0.214. The van der Waals surface area contributed by atoms with E-state index in [2.05, 4.69) is 10.6 Å². The van der Waals surface area contributed by atoms with Gasteiger partial charge in [-0.05, 0) is 39.2 Å². The van der Waals surface area contributed by atoms with Crippen molar-refractivity contribution in [1.82, 2.24) is 10.6 Å². The molecule has 17 heavy (non-hydrogen) atoms. The number of hydrogen-bond donors (Lipinski definition) is 3. The van der Waals surface area contributed by atoms with Crippen LogP contribution in [0.3, 0.4) is 0 Å². The monoisotopic (exact) mass is 242 g/mol. The highest BCUT2D eigenvalue weighted by molar-refractivity contribution is 5.86. The Morgan fingerprint density at radius 2 is 2.12 bits per heavy atom. The van der Waals surface area contributed by atoms with Crippen molar-refractivity contribution in [3.63, 3.8) is 0 Å². The lowest BCUT2D eigenvalue weighted by Gasteiger charge is -2.38. The molecule has 5 heteroatoms. The van der Waals surface area contributed by atoms with Crippen LogP contribution in [-0.4, -0.2) is 48.5 Å². The maximum atomic E-state index is 12.3. The van der Waals surface area contributed by atoms with Crippen molar-refractivity contribution in [1.29, 1.82) is 0 Å². The zero-order valence-electron chi connectivity index (χ0n) is 10.4. The van der Waals surface area contributed by atoms with Crippen molar-refractivity contribution < 1.29 is 14.6 Å². The third-order valence-corrected chi connectivity index (χ3v) is 4.00. The van der Waals surface area contributed by atoms with E-state index >= 15 is 0 Å². The van der Waals surface area contributed by atoms with E-state index in [0.29, 0.717) is 26.1 Å². The van der Waals surface area contributed by atoms with Gasteiger partial charge < -0.3 is 20.5 Å². The summed E-state index contributed by atoms with van der Waals surface area (Å²) in [5.41, 5.74) is -0.955. The Bertz CT molecular complexity index is 281. The van der Waals surface area contributed by atoms with Gasteiger partial charge >= 0.3 is 0 Å². The fourth-order valence-corrected chi connectivity index (χ4v) is 2.55. The Labute approximate surface area is 102 Å². The Balaban J connectivity index is 2.00. The maximum absolute atomic E-state index is 12.3. The molecule has 0 saturated carbocycles. The highest BCUT2D eigenvalue weighted by Gasteiger charge is 2.41. The summed E-state index contributed by atoms with van der Waals surface area (Å²) in [6.07, 6.45) is 3.26. The summed E-state index contributed by atoms with van der Waals surface area (Å²) in [6.45, 7) is 4.01. The number of ether oxygens (including phenoxy) is 1. The van der Waals surface area contributed by atoms with Gasteiger partial charge in [0.05, 0.1) is 17.7 Å². The summed E-state index contributed by atoms with van der Waals surface area (Å²) in [5, 5.41) is 15.8. The molecule has 98 valence electrons.